The van der Waals surface area contributed by atoms with Gasteiger partial charge in [-0.3, -0.25) is 0 Å². The van der Waals surface area contributed by atoms with E-state index in [-0.39, 0.29) is 11.9 Å². The van der Waals surface area contributed by atoms with Crippen LogP contribution < -0.4 is 5.32 Å². The van der Waals surface area contributed by atoms with Crippen LogP contribution in [0.25, 0.3) is 0 Å². The fraction of sp³-hybridized carbons (Fsp3) is 0.500. The maximum atomic E-state index is 12.9. The number of rotatable bonds is 2. The summed E-state index contributed by atoms with van der Waals surface area (Å²) in [6.07, 6.45) is 0.972. The molecule has 2 unspecified atom stereocenters. The SMILES string of the molecule is CCC1COC(c2ccc(F)cc2Cl)CN1. The molecule has 2 nitrogen and oxygen atoms in total. The van der Waals surface area contributed by atoms with Gasteiger partial charge in [0.25, 0.3) is 0 Å². The Labute approximate surface area is 99.7 Å². The van der Waals surface area contributed by atoms with E-state index in [0.717, 1.165) is 18.5 Å². The van der Waals surface area contributed by atoms with Gasteiger partial charge in [-0.05, 0) is 18.6 Å². The van der Waals surface area contributed by atoms with E-state index in [9.17, 15) is 4.39 Å². The molecule has 0 bridgehead atoms. The highest BCUT2D eigenvalue weighted by molar-refractivity contribution is 6.31. The van der Waals surface area contributed by atoms with Gasteiger partial charge in [0, 0.05) is 23.2 Å². The second-order valence-electron chi connectivity index (χ2n) is 4.00. The van der Waals surface area contributed by atoms with Gasteiger partial charge < -0.3 is 10.1 Å². The van der Waals surface area contributed by atoms with E-state index >= 15 is 0 Å². The molecule has 0 spiro atoms. The zero-order chi connectivity index (χ0) is 11.5. The smallest absolute Gasteiger partial charge is 0.124 e. The lowest BCUT2D eigenvalue weighted by Crippen LogP contribution is -2.42. The Bertz CT molecular complexity index is 364. The molecule has 1 aliphatic rings. The van der Waals surface area contributed by atoms with Crippen LogP contribution in [0.1, 0.15) is 25.0 Å². The lowest BCUT2D eigenvalue weighted by molar-refractivity contribution is 0.00226. The molecule has 1 fully saturated rings. The minimum Gasteiger partial charge on any atom is -0.371 e. The Balaban J connectivity index is 2.08. The molecular weight excluding hydrogens is 229 g/mol. The summed E-state index contributed by atoms with van der Waals surface area (Å²) in [5, 5.41) is 3.81. The molecule has 1 aromatic rings. The number of ether oxygens (including phenoxy) is 1. The molecule has 1 N–H and O–H groups in total. The van der Waals surface area contributed by atoms with Gasteiger partial charge in [-0.25, -0.2) is 4.39 Å². The molecule has 1 aromatic carbocycles. The first kappa shape index (κ1) is 11.8. The van der Waals surface area contributed by atoms with Crippen molar-refractivity contribution in [3.05, 3.63) is 34.6 Å². The van der Waals surface area contributed by atoms with Crippen LogP contribution in [0.4, 0.5) is 4.39 Å². The summed E-state index contributed by atoms with van der Waals surface area (Å²) >= 11 is 5.99. The first-order chi connectivity index (χ1) is 7.70. The van der Waals surface area contributed by atoms with Crippen molar-refractivity contribution in [3.63, 3.8) is 0 Å². The number of benzene rings is 1. The zero-order valence-electron chi connectivity index (χ0n) is 9.17. The van der Waals surface area contributed by atoms with Crippen LogP contribution >= 0.6 is 11.6 Å². The molecule has 0 aliphatic carbocycles. The van der Waals surface area contributed by atoms with Gasteiger partial charge in [-0.2, -0.15) is 0 Å². The summed E-state index contributed by atoms with van der Waals surface area (Å²) < 4.78 is 18.6. The molecule has 0 aromatic heterocycles. The van der Waals surface area contributed by atoms with Gasteiger partial charge in [0.05, 0.1) is 12.7 Å². The Hall–Kier alpha value is -0.640. The van der Waals surface area contributed by atoms with E-state index in [1.54, 1.807) is 6.07 Å². The third kappa shape index (κ3) is 2.54. The largest absolute Gasteiger partial charge is 0.371 e. The van der Waals surface area contributed by atoms with Gasteiger partial charge in [0.2, 0.25) is 0 Å². The molecule has 0 radical (unpaired) electrons. The molecule has 1 aliphatic heterocycles. The Morgan fingerprint density at radius 1 is 1.56 bits per heavy atom. The highest BCUT2D eigenvalue weighted by atomic mass is 35.5. The summed E-state index contributed by atoms with van der Waals surface area (Å²) in [6, 6.07) is 4.84. The predicted molar refractivity (Wildman–Crippen MR) is 62.2 cm³/mol. The van der Waals surface area contributed by atoms with Crippen LogP contribution in [0.2, 0.25) is 5.02 Å². The lowest BCUT2D eigenvalue weighted by atomic mass is 10.1. The van der Waals surface area contributed by atoms with E-state index in [2.05, 4.69) is 12.2 Å². The van der Waals surface area contributed by atoms with Crippen LogP contribution in [0.3, 0.4) is 0 Å². The van der Waals surface area contributed by atoms with E-state index in [1.165, 1.54) is 12.1 Å². The average molecular weight is 244 g/mol. The zero-order valence-corrected chi connectivity index (χ0v) is 9.93. The van der Waals surface area contributed by atoms with Crippen molar-refractivity contribution in [3.8, 4) is 0 Å². The van der Waals surface area contributed by atoms with Crippen LogP contribution in [0.15, 0.2) is 18.2 Å². The highest BCUT2D eigenvalue weighted by Gasteiger charge is 2.22. The minimum absolute atomic E-state index is 0.0732. The van der Waals surface area contributed by atoms with Crippen molar-refractivity contribution >= 4 is 11.6 Å². The molecule has 1 heterocycles. The molecule has 16 heavy (non-hydrogen) atoms. The highest BCUT2D eigenvalue weighted by Crippen LogP contribution is 2.28. The first-order valence-electron chi connectivity index (χ1n) is 5.50. The third-order valence-electron chi connectivity index (χ3n) is 2.89. The van der Waals surface area contributed by atoms with Crippen LogP contribution in [-0.4, -0.2) is 19.2 Å². The van der Waals surface area contributed by atoms with Gasteiger partial charge in [-0.15, -0.1) is 0 Å². The maximum Gasteiger partial charge on any atom is 0.124 e. The Morgan fingerprint density at radius 3 is 2.94 bits per heavy atom. The van der Waals surface area contributed by atoms with Crippen LogP contribution in [-0.2, 0) is 4.74 Å². The minimum atomic E-state index is -0.316. The molecule has 0 saturated carbocycles. The van der Waals surface area contributed by atoms with Crippen molar-refractivity contribution in [1.82, 2.24) is 5.32 Å². The van der Waals surface area contributed by atoms with Crippen molar-refractivity contribution < 1.29 is 9.13 Å². The maximum absolute atomic E-state index is 12.9. The summed E-state index contributed by atoms with van der Waals surface area (Å²) in [4.78, 5) is 0. The molecule has 2 rings (SSSR count). The summed E-state index contributed by atoms with van der Waals surface area (Å²) in [7, 11) is 0. The van der Waals surface area contributed by atoms with Gasteiger partial charge in [0.1, 0.15) is 5.82 Å². The van der Waals surface area contributed by atoms with Crippen molar-refractivity contribution in [2.24, 2.45) is 0 Å². The van der Waals surface area contributed by atoms with Crippen molar-refractivity contribution in [2.75, 3.05) is 13.2 Å². The second kappa shape index (κ2) is 5.13. The fourth-order valence-corrected chi connectivity index (χ4v) is 2.14. The number of halogens is 2. The monoisotopic (exact) mass is 243 g/mol. The summed E-state index contributed by atoms with van der Waals surface area (Å²) in [5.41, 5.74) is 0.852. The summed E-state index contributed by atoms with van der Waals surface area (Å²) in [6.45, 7) is 3.52. The topological polar surface area (TPSA) is 21.3 Å². The fourth-order valence-electron chi connectivity index (χ4n) is 1.85. The molecule has 4 heteroatoms. The lowest BCUT2D eigenvalue weighted by Gasteiger charge is -2.30. The molecule has 88 valence electrons. The van der Waals surface area contributed by atoms with Crippen molar-refractivity contribution in [2.45, 2.75) is 25.5 Å². The number of hydrogen-bond donors (Lipinski definition) is 1. The molecule has 1 saturated heterocycles. The van der Waals surface area contributed by atoms with Crippen LogP contribution in [0.5, 0.6) is 0 Å². The summed E-state index contributed by atoms with van der Waals surface area (Å²) in [5.74, 6) is -0.316. The first-order valence-corrected chi connectivity index (χ1v) is 5.88. The van der Waals surface area contributed by atoms with E-state index in [1.807, 2.05) is 0 Å². The second-order valence-corrected chi connectivity index (χ2v) is 4.41. The van der Waals surface area contributed by atoms with E-state index in [4.69, 9.17) is 16.3 Å². The van der Waals surface area contributed by atoms with Crippen molar-refractivity contribution in [1.29, 1.82) is 0 Å². The average Bonchev–Trinajstić information content (AvgIpc) is 2.29. The molecular formula is C12H15ClFNO. The quantitative estimate of drug-likeness (QED) is 0.863. The number of hydrogen-bond acceptors (Lipinski definition) is 2. The number of nitrogens with one attached hydrogen (secondary N) is 1. The van der Waals surface area contributed by atoms with Gasteiger partial charge >= 0.3 is 0 Å². The van der Waals surface area contributed by atoms with Gasteiger partial charge in [0.15, 0.2) is 0 Å². The Morgan fingerprint density at radius 2 is 2.38 bits per heavy atom. The van der Waals surface area contributed by atoms with Gasteiger partial charge in [-0.1, -0.05) is 24.6 Å². The van der Waals surface area contributed by atoms with E-state index < -0.39 is 0 Å². The third-order valence-corrected chi connectivity index (χ3v) is 3.22. The molecule has 2 atom stereocenters. The molecule has 0 amide bonds. The number of morpholine rings is 1. The predicted octanol–water partition coefficient (Wildman–Crippen LogP) is 2.92. The standard InChI is InChI=1S/C12H15ClFNO/c1-2-9-7-16-12(6-15-9)10-4-3-8(14)5-11(10)13/h3-5,9,12,15H,2,6-7H2,1H3. The Kier molecular flexibility index (Phi) is 3.79. The normalized spacial score (nSPS) is 25.7. The van der Waals surface area contributed by atoms with Crippen LogP contribution in [0, 0.1) is 5.82 Å². The van der Waals surface area contributed by atoms with E-state index in [0.29, 0.717) is 17.7 Å².